The van der Waals surface area contributed by atoms with Crippen LogP contribution in [0.1, 0.15) is 49.4 Å². The van der Waals surface area contributed by atoms with Gasteiger partial charge in [-0.25, -0.2) is 0 Å². The molecule has 2 atom stereocenters. The van der Waals surface area contributed by atoms with Crippen molar-refractivity contribution in [2.45, 2.75) is 46.6 Å². The van der Waals surface area contributed by atoms with E-state index in [9.17, 15) is 4.79 Å². The number of carbonyl (C=O) groups excluding carboxylic acids is 1. The Balaban J connectivity index is 2.14. The quantitative estimate of drug-likeness (QED) is 0.902. The number of aryl methyl sites for hydroxylation is 2. The highest BCUT2D eigenvalue weighted by atomic mass is 16.2. The van der Waals surface area contributed by atoms with E-state index >= 15 is 0 Å². The van der Waals surface area contributed by atoms with E-state index in [4.69, 9.17) is 0 Å². The molecule has 1 N–H and O–H groups in total. The van der Waals surface area contributed by atoms with Crippen molar-refractivity contribution in [2.24, 2.45) is 5.92 Å². The Hall–Kier alpha value is -1.35. The fourth-order valence-electron chi connectivity index (χ4n) is 3.05. The predicted octanol–water partition coefficient (Wildman–Crippen LogP) is 3.21. The summed E-state index contributed by atoms with van der Waals surface area (Å²) < 4.78 is 0. The van der Waals surface area contributed by atoms with Crippen molar-refractivity contribution in [2.75, 3.05) is 19.6 Å². The number of likely N-dealkylation sites (tertiary alicyclic amines) is 1. The molecule has 116 valence electrons. The largest absolute Gasteiger partial charge is 0.341 e. The SMILES string of the molecule is CCNC(CN1CCCC(C)C1=O)c1ccc(C)c(C)c1. The number of amides is 1. The zero-order valence-electron chi connectivity index (χ0n) is 13.8. The molecule has 0 radical (unpaired) electrons. The second-order valence-corrected chi connectivity index (χ2v) is 6.28. The molecule has 1 fully saturated rings. The van der Waals surface area contributed by atoms with Gasteiger partial charge in [-0.2, -0.15) is 0 Å². The van der Waals surface area contributed by atoms with E-state index in [0.29, 0.717) is 5.91 Å². The van der Waals surface area contributed by atoms with Gasteiger partial charge >= 0.3 is 0 Å². The number of benzene rings is 1. The minimum absolute atomic E-state index is 0.181. The molecule has 21 heavy (non-hydrogen) atoms. The molecule has 2 rings (SSSR count). The summed E-state index contributed by atoms with van der Waals surface area (Å²) in [6, 6.07) is 6.84. The Kier molecular flexibility index (Phi) is 5.40. The van der Waals surface area contributed by atoms with Crippen molar-refractivity contribution in [1.29, 1.82) is 0 Å². The van der Waals surface area contributed by atoms with E-state index in [1.54, 1.807) is 0 Å². The number of likely N-dealkylation sites (N-methyl/N-ethyl adjacent to an activating group) is 1. The maximum Gasteiger partial charge on any atom is 0.225 e. The maximum atomic E-state index is 12.3. The summed E-state index contributed by atoms with van der Waals surface area (Å²) in [4.78, 5) is 14.4. The highest BCUT2D eigenvalue weighted by Crippen LogP contribution is 2.22. The van der Waals surface area contributed by atoms with Crippen LogP contribution in [0.5, 0.6) is 0 Å². The molecule has 0 spiro atoms. The Labute approximate surface area is 128 Å². The molecule has 1 amide bonds. The summed E-state index contributed by atoms with van der Waals surface area (Å²) in [7, 11) is 0. The normalized spacial score (nSPS) is 20.7. The van der Waals surface area contributed by atoms with Gasteiger partial charge in [0.1, 0.15) is 0 Å². The van der Waals surface area contributed by atoms with Crippen molar-refractivity contribution in [3.8, 4) is 0 Å². The number of rotatable bonds is 5. The van der Waals surface area contributed by atoms with Crippen molar-refractivity contribution in [1.82, 2.24) is 10.2 Å². The molecule has 0 saturated carbocycles. The molecular weight excluding hydrogens is 260 g/mol. The van der Waals surface area contributed by atoms with Gasteiger partial charge < -0.3 is 10.2 Å². The summed E-state index contributed by atoms with van der Waals surface area (Å²) in [6.45, 7) is 11.0. The van der Waals surface area contributed by atoms with Crippen LogP contribution < -0.4 is 5.32 Å². The molecule has 1 aliphatic heterocycles. The first kappa shape index (κ1) is 16.0. The zero-order chi connectivity index (χ0) is 15.4. The summed E-state index contributed by atoms with van der Waals surface area (Å²) in [5, 5.41) is 3.53. The van der Waals surface area contributed by atoms with E-state index in [1.807, 2.05) is 11.8 Å². The molecule has 1 saturated heterocycles. The van der Waals surface area contributed by atoms with Gasteiger partial charge in [-0.15, -0.1) is 0 Å². The predicted molar refractivity (Wildman–Crippen MR) is 87.3 cm³/mol. The zero-order valence-corrected chi connectivity index (χ0v) is 13.8. The van der Waals surface area contributed by atoms with E-state index in [1.165, 1.54) is 16.7 Å². The molecule has 0 bridgehead atoms. The maximum absolute atomic E-state index is 12.3. The summed E-state index contributed by atoms with van der Waals surface area (Å²) in [5.74, 6) is 0.494. The molecule has 1 aliphatic rings. The van der Waals surface area contributed by atoms with E-state index in [-0.39, 0.29) is 12.0 Å². The molecule has 0 aliphatic carbocycles. The Morgan fingerprint density at radius 1 is 1.33 bits per heavy atom. The van der Waals surface area contributed by atoms with Gasteiger partial charge in [-0.3, -0.25) is 4.79 Å². The minimum Gasteiger partial charge on any atom is -0.341 e. The van der Waals surface area contributed by atoms with Crippen LogP contribution in [0, 0.1) is 19.8 Å². The second-order valence-electron chi connectivity index (χ2n) is 6.28. The smallest absolute Gasteiger partial charge is 0.225 e. The lowest BCUT2D eigenvalue weighted by atomic mass is 9.96. The first-order chi connectivity index (χ1) is 10.0. The van der Waals surface area contributed by atoms with Gasteiger partial charge in [0.05, 0.1) is 0 Å². The van der Waals surface area contributed by atoms with Gasteiger partial charge in [-0.1, -0.05) is 32.0 Å². The number of nitrogens with one attached hydrogen (secondary N) is 1. The van der Waals surface area contributed by atoms with Crippen LogP contribution in [-0.4, -0.2) is 30.4 Å². The van der Waals surface area contributed by atoms with Gasteiger partial charge in [0.25, 0.3) is 0 Å². The van der Waals surface area contributed by atoms with E-state index < -0.39 is 0 Å². The van der Waals surface area contributed by atoms with Crippen molar-refractivity contribution in [3.63, 3.8) is 0 Å². The molecule has 3 nitrogen and oxygen atoms in total. The van der Waals surface area contributed by atoms with E-state index in [0.717, 1.165) is 32.5 Å². The lowest BCUT2D eigenvalue weighted by Gasteiger charge is -2.34. The third-order valence-electron chi connectivity index (χ3n) is 4.59. The number of carbonyl (C=O) groups is 1. The van der Waals surface area contributed by atoms with Crippen LogP contribution in [0.3, 0.4) is 0 Å². The lowest BCUT2D eigenvalue weighted by molar-refractivity contribution is -0.138. The molecule has 3 heteroatoms. The summed E-state index contributed by atoms with van der Waals surface area (Å²) in [5.41, 5.74) is 3.91. The third kappa shape index (κ3) is 3.85. The Morgan fingerprint density at radius 2 is 2.10 bits per heavy atom. The number of nitrogens with zero attached hydrogens (tertiary/aromatic N) is 1. The van der Waals surface area contributed by atoms with Crippen LogP contribution in [0.4, 0.5) is 0 Å². The first-order valence-corrected chi connectivity index (χ1v) is 8.12. The monoisotopic (exact) mass is 288 g/mol. The summed E-state index contributed by atoms with van der Waals surface area (Å²) >= 11 is 0. The minimum atomic E-state index is 0.181. The molecule has 0 aromatic heterocycles. The van der Waals surface area contributed by atoms with Gasteiger partial charge in [-0.05, 0) is 49.9 Å². The Bertz CT molecular complexity index is 498. The Morgan fingerprint density at radius 3 is 2.76 bits per heavy atom. The van der Waals surface area contributed by atoms with Gasteiger partial charge in [0, 0.05) is 25.0 Å². The van der Waals surface area contributed by atoms with Gasteiger partial charge in [0.15, 0.2) is 0 Å². The average Bonchev–Trinajstić information content (AvgIpc) is 2.46. The second kappa shape index (κ2) is 7.08. The van der Waals surface area contributed by atoms with Crippen LogP contribution in [0.25, 0.3) is 0 Å². The van der Waals surface area contributed by atoms with E-state index in [2.05, 4.69) is 44.3 Å². The molecule has 1 aromatic carbocycles. The van der Waals surface area contributed by atoms with Crippen molar-refractivity contribution in [3.05, 3.63) is 34.9 Å². The van der Waals surface area contributed by atoms with Gasteiger partial charge in [0.2, 0.25) is 5.91 Å². The highest BCUT2D eigenvalue weighted by Gasteiger charge is 2.27. The van der Waals surface area contributed by atoms with Crippen LogP contribution in [-0.2, 0) is 4.79 Å². The third-order valence-corrected chi connectivity index (χ3v) is 4.59. The lowest BCUT2D eigenvalue weighted by Crippen LogP contribution is -2.44. The molecular formula is C18H28N2O. The fraction of sp³-hybridized carbons (Fsp3) is 0.611. The van der Waals surface area contributed by atoms with Crippen molar-refractivity contribution < 1.29 is 4.79 Å². The molecule has 2 unspecified atom stereocenters. The first-order valence-electron chi connectivity index (χ1n) is 8.12. The number of hydrogen-bond acceptors (Lipinski definition) is 2. The fourth-order valence-corrected chi connectivity index (χ4v) is 3.05. The summed E-state index contributed by atoms with van der Waals surface area (Å²) in [6.07, 6.45) is 2.16. The topological polar surface area (TPSA) is 32.3 Å². The standard InChI is InChI=1S/C18H28N2O/c1-5-19-17(16-9-8-13(2)15(4)11-16)12-20-10-6-7-14(3)18(20)21/h8-9,11,14,17,19H,5-7,10,12H2,1-4H3. The van der Waals surface area contributed by atoms with Crippen molar-refractivity contribution >= 4 is 5.91 Å². The highest BCUT2D eigenvalue weighted by molar-refractivity contribution is 5.79. The molecule has 1 aromatic rings. The average molecular weight is 288 g/mol. The van der Waals surface area contributed by atoms with Crippen LogP contribution in [0.2, 0.25) is 0 Å². The number of piperidine rings is 1. The number of hydrogen-bond donors (Lipinski definition) is 1. The van der Waals surface area contributed by atoms with Crippen LogP contribution in [0.15, 0.2) is 18.2 Å². The molecule has 1 heterocycles. The van der Waals surface area contributed by atoms with Crippen LogP contribution >= 0.6 is 0 Å².